The van der Waals surface area contributed by atoms with Gasteiger partial charge in [-0.3, -0.25) is 0 Å². The zero-order valence-electron chi connectivity index (χ0n) is 32.2. The Balaban J connectivity index is 1.01. The second-order valence-corrected chi connectivity index (χ2v) is 15.0. The van der Waals surface area contributed by atoms with Gasteiger partial charge in [-0.2, -0.15) is 0 Å². The maximum Gasteiger partial charge on any atom is 0.0956 e. The molecular formula is C56H37N3. The van der Waals surface area contributed by atoms with Gasteiger partial charge in [0, 0.05) is 38.5 Å². The molecule has 3 heteroatoms. The van der Waals surface area contributed by atoms with Crippen molar-refractivity contribution in [1.82, 2.24) is 14.5 Å². The number of nitrogens with zero attached hydrogens (tertiary/aromatic N) is 3. The fourth-order valence-corrected chi connectivity index (χ4v) is 8.48. The van der Waals surface area contributed by atoms with Crippen molar-refractivity contribution < 1.29 is 0 Å². The molecule has 0 atom stereocenters. The van der Waals surface area contributed by atoms with Gasteiger partial charge in [0.15, 0.2) is 0 Å². The van der Waals surface area contributed by atoms with Crippen molar-refractivity contribution in [3.8, 4) is 72.8 Å². The van der Waals surface area contributed by atoms with Gasteiger partial charge in [0.2, 0.25) is 0 Å². The average Bonchev–Trinajstić information content (AvgIpc) is 3.68. The number of pyridine rings is 2. The Morgan fingerprint density at radius 1 is 0.305 bits per heavy atom. The molecule has 11 rings (SSSR count). The third-order valence-electron chi connectivity index (χ3n) is 11.4. The lowest BCUT2D eigenvalue weighted by atomic mass is 9.97. The molecule has 0 spiro atoms. The minimum absolute atomic E-state index is 0.934. The van der Waals surface area contributed by atoms with Gasteiger partial charge in [0.1, 0.15) is 0 Å². The molecule has 0 fully saturated rings. The quantitative estimate of drug-likeness (QED) is 0.162. The average molecular weight is 752 g/mol. The van der Waals surface area contributed by atoms with E-state index in [1.165, 1.54) is 33.0 Å². The molecule has 0 amide bonds. The molecule has 0 aliphatic carbocycles. The predicted octanol–water partition coefficient (Wildman–Crippen LogP) is 14.7. The predicted molar refractivity (Wildman–Crippen MR) is 246 cm³/mol. The Hall–Kier alpha value is -7.88. The summed E-state index contributed by atoms with van der Waals surface area (Å²) in [7, 11) is 0. The second kappa shape index (κ2) is 14.6. The first-order valence-corrected chi connectivity index (χ1v) is 20.1. The van der Waals surface area contributed by atoms with E-state index < -0.39 is 0 Å². The van der Waals surface area contributed by atoms with E-state index in [1.54, 1.807) is 0 Å². The van der Waals surface area contributed by atoms with Crippen LogP contribution in [0.15, 0.2) is 224 Å². The molecule has 0 N–H and O–H groups in total. The third kappa shape index (κ3) is 6.26. The zero-order chi connectivity index (χ0) is 39.1. The molecule has 0 saturated heterocycles. The maximum absolute atomic E-state index is 5.31. The first-order valence-electron chi connectivity index (χ1n) is 20.1. The lowest BCUT2D eigenvalue weighted by Crippen LogP contribution is -1.98. The molecule has 0 unspecified atom stereocenters. The second-order valence-electron chi connectivity index (χ2n) is 15.0. The Morgan fingerprint density at radius 3 is 1.34 bits per heavy atom. The van der Waals surface area contributed by atoms with Crippen LogP contribution in [-0.2, 0) is 0 Å². The fraction of sp³-hybridized carbons (Fsp3) is 0. The van der Waals surface area contributed by atoms with Crippen molar-refractivity contribution >= 4 is 32.7 Å². The minimum atomic E-state index is 0.934. The molecule has 3 nitrogen and oxygen atoms in total. The third-order valence-corrected chi connectivity index (χ3v) is 11.4. The maximum atomic E-state index is 5.31. The first-order chi connectivity index (χ1) is 29.2. The van der Waals surface area contributed by atoms with Gasteiger partial charge < -0.3 is 4.57 Å². The molecular weight excluding hydrogens is 715 g/mol. The number of aromatic nitrogens is 3. The molecule has 11 aromatic rings. The molecule has 0 radical (unpaired) electrons. The highest BCUT2D eigenvalue weighted by Crippen LogP contribution is 2.41. The van der Waals surface area contributed by atoms with Gasteiger partial charge in [-0.15, -0.1) is 0 Å². The molecule has 3 heterocycles. The standard InChI is InChI=1S/C56H37N3/c1-4-14-38(15-5-1)39-24-26-40(27-25-39)41-28-30-44(31-29-41)52-37-46(36-51(57-52)43-16-6-2-7-17-43)42-32-34-47(35-33-42)59-53-23-13-11-21-49(53)54-48-20-10-12-22-50(48)58-55(56(54)59)45-18-8-3-9-19-45/h1-37H. The van der Waals surface area contributed by atoms with E-state index in [4.69, 9.17) is 9.97 Å². The smallest absolute Gasteiger partial charge is 0.0956 e. The largest absolute Gasteiger partial charge is 0.307 e. The summed E-state index contributed by atoms with van der Waals surface area (Å²) in [5.74, 6) is 0. The zero-order valence-corrected chi connectivity index (χ0v) is 32.2. The van der Waals surface area contributed by atoms with E-state index >= 15 is 0 Å². The van der Waals surface area contributed by atoms with Gasteiger partial charge in [-0.25, -0.2) is 9.97 Å². The fourth-order valence-electron chi connectivity index (χ4n) is 8.48. The van der Waals surface area contributed by atoms with Gasteiger partial charge in [-0.1, -0.05) is 188 Å². The molecule has 0 aliphatic rings. The van der Waals surface area contributed by atoms with E-state index in [-0.39, 0.29) is 0 Å². The summed E-state index contributed by atoms with van der Waals surface area (Å²) in [6.45, 7) is 0. The molecule has 8 aromatic carbocycles. The summed E-state index contributed by atoms with van der Waals surface area (Å²) in [6, 6.07) is 79.7. The summed E-state index contributed by atoms with van der Waals surface area (Å²) in [5.41, 5.74) is 17.5. The highest BCUT2D eigenvalue weighted by Gasteiger charge is 2.20. The Morgan fingerprint density at radius 2 is 0.729 bits per heavy atom. The van der Waals surface area contributed by atoms with Crippen LogP contribution in [0, 0.1) is 0 Å². The van der Waals surface area contributed by atoms with Crippen molar-refractivity contribution in [2.75, 3.05) is 0 Å². The lowest BCUT2D eigenvalue weighted by molar-refractivity contribution is 1.17. The molecule has 276 valence electrons. The summed E-state index contributed by atoms with van der Waals surface area (Å²) in [5, 5.41) is 3.58. The highest BCUT2D eigenvalue weighted by molar-refractivity contribution is 6.23. The van der Waals surface area contributed by atoms with Crippen LogP contribution in [0.25, 0.3) is 106 Å². The van der Waals surface area contributed by atoms with Crippen LogP contribution in [0.4, 0.5) is 0 Å². The summed E-state index contributed by atoms with van der Waals surface area (Å²) >= 11 is 0. The SMILES string of the molecule is c1ccc(-c2ccc(-c3ccc(-c4cc(-c5ccc(-n6c7ccccc7c7c8ccccc8nc(-c8ccccc8)c76)cc5)cc(-c5ccccc5)n4)cc3)cc2)cc1. The van der Waals surface area contributed by atoms with Gasteiger partial charge >= 0.3 is 0 Å². The van der Waals surface area contributed by atoms with Crippen LogP contribution < -0.4 is 0 Å². The van der Waals surface area contributed by atoms with Crippen LogP contribution >= 0.6 is 0 Å². The molecule has 3 aromatic heterocycles. The van der Waals surface area contributed by atoms with Crippen molar-refractivity contribution in [2.24, 2.45) is 0 Å². The van der Waals surface area contributed by atoms with Crippen molar-refractivity contribution in [3.63, 3.8) is 0 Å². The summed E-state index contributed by atoms with van der Waals surface area (Å²) in [6.07, 6.45) is 0. The Kier molecular flexibility index (Phi) is 8.49. The van der Waals surface area contributed by atoms with Crippen molar-refractivity contribution in [2.45, 2.75) is 0 Å². The Bertz CT molecular complexity index is 3260. The minimum Gasteiger partial charge on any atom is -0.307 e. The Labute approximate surface area is 343 Å². The first kappa shape index (κ1) is 34.4. The number of hydrogen-bond acceptors (Lipinski definition) is 2. The van der Waals surface area contributed by atoms with Crippen LogP contribution in [-0.4, -0.2) is 14.5 Å². The van der Waals surface area contributed by atoms with E-state index in [0.29, 0.717) is 0 Å². The van der Waals surface area contributed by atoms with E-state index in [9.17, 15) is 0 Å². The molecule has 0 aliphatic heterocycles. The van der Waals surface area contributed by atoms with Crippen LogP contribution in [0.5, 0.6) is 0 Å². The lowest BCUT2D eigenvalue weighted by Gasteiger charge is -2.14. The molecule has 0 bridgehead atoms. The number of fused-ring (bicyclic) bond motifs is 5. The summed E-state index contributed by atoms with van der Waals surface area (Å²) < 4.78 is 2.39. The monoisotopic (exact) mass is 751 g/mol. The van der Waals surface area contributed by atoms with E-state index in [1.807, 2.05) is 6.07 Å². The van der Waals surface area contributed by atoms with E-state index in [2.05, 4.69) is 223 Å². The van der Waals surface area contributed by atoms with Gasteiger partial charge in [-0.05, 0) is 69.8 Å². The van der Waals surface area contributed by atoms with Crippen LogP contribution in [0.3, 0.4) is 0 Å². The van der Waals surface area contributed by atoms with Gasteiger partial charge in [0.25, 0.3) is 0 Å². The number of para-hydroxylation sites is 2. The van der Waals surface area contributed by atoms with Crippen molar-refractivity contribution in [1.29, 1.82) is 0 Å². The number of hydrogen-bond donors (Lipinski definition) is 0. The highest BCUT2D eigenvalue weighted by atomic mass is 15.0. The van der Waals surface area contributed by atoms with Crippen LogP contribution in [0.1, 0.15) is 0 Å². The number of rotatable bonds is 7. The van der Waals surface area contributed by atoms with Crippen molar-refractivity contribution in [3.05, 3.63) is 224 Å². The van der Waals surface area contributed by atoms with E-state index in [0.717, 1.165) is 72.5 Å². The van der Waals surface area contributed by atoms with Crippen LogP contribution in [0.2, 0.25) is 0 Å². The summed E-state index contributed by atoms with van der Waals surface area (Å²) in [4.78, 5) is 10.5. The number of benzene rings is 8. The normalized spacial score (nSPS) is 11.4. The molecule has 59 heavy (non-hydrogen) atoms. The van der Waals surface area contributed by atoms with Gasteiger partial charge in [0.05, 0.1) is 33.6 Å². The topological polar surface area (TPSA) is 30.7 Å². The molecule has 0 saturated carbocycles.